The Hall–Kier alpha value is -2.78. The molecule has 0 radical (unpaired) electrons. The third-order valence-electron chi connectivity index (χ3n) is 9.19. The van der Waals surface area contributed by atoms with Crippen molar-refractivity contribution in [1.82, 2.24) is 29.3 Å². The smallest absolute Gasteiger partial charge is 1.00 e. The van der Waals surface area contributed by atoms with E-state index >= 15 is 4.39 Å². The first-order chi connectivity index (χ1) is 22.6. The van der Waals surface area contributed by atoms with Crippen LogP contribution in [0.2, 0.25) is 0 Å². The number of halogens is 1. The van der Waals surface area contributed by atoms with Gasteiger partial charge in [-0.2, -0.15) is 10.1 Å². The molecule has 250 valence electrons. The molecule has 0 aliphatic heterocycles. The van der Waals surface area contributed by atoms with Crippen LogP contribution in [0.4, 0.5) is 4.39 Å². The molecule has 0 bridgehead atoms. The number of nitrogens with zero attached hydrogens (tertiary/aromatic N) is 5. The van der Waals surface area contributed by atoms with E-state index in [9.17, 15) is 14.7 Å². The number of hydrogen-bond acceptors (Lipinski definition) is 8. The number of aromatic amines is 1. The van der Waals surface area contributed by atoms with E-state index in [1.807, 2.05) is 26.0 Å². The molecule has 2 N–H and O–H groups in total. The number of fused-ring (bicyclic) bond motifs is 1. The number of H-pyrrole nitrogens is 1. The van der Waals surface area contributed by atoms with Gasteiger partial charge in [-0.15, -0.1) is 0 Å². The fourth-order valence-corrected chi connectivity index (χ4v) is 6.85. The number of aryl methyl sites for hydroxylation is 1. The Balaban J connectivity index is 0.00000270. The Morgan fingerprint density at radius 1 is 1.12 bits per heavy atom. The van der Waals surface area contributed by atoms with Crippen molar-refractivity contribution in [3.05, 3.63) is 92.3 Å². The summed E-state index contributed by atoms with van der Waals surface area (Å²) >= 11 is 0. The molecular weight excluding hydrogens is 643 g/mol. The Labute approximate surface area is 321 Å². The molecule has 48 heavy (non-hydrogen) atoms. The Bertz CT molecular complexity index is 1990. The number of hydrogen-bond donors (Lipinski definition) is 2. The average molecular weight is 685 g/mol. The van der Waals surface area contributed by atoms with E-state index in [1.165, 1.54) is 12.4 Å². The van der Waals surface area contributed by atoms with Crippen LogP contribution in [0.5, 0.6) is 0 Å². The predicted molar refractivity (Wildman–Crippen MR) is 176 cm³/mol. The Kier molecular flexibility index (Phi) is 11.7. The van der Waals surface area contributed by atoms with Crippen molar-refractivity contribution < 1.29 is 71.6 Å². The number of aliphatic hydroxyl groups is 1. The van der Waals surface area contributed by atoms with Crippen LogP contribution in [-0.4, -0.2) is 52.2 Å². The fourth-order valence-electron chi connectivity index (χ4n) is 6.85. The zero-order valence-electron chi connectivity index (χ0n) is 29.2. The van der Waals surface area contributed by atoms with Crippen LogP contribution in [0.25, 0.3) is 28.3 Å². The van der Waals surface area contributed by atoms with Gasteiger partial charge in [-0.3, -0.25) is 18.9 Å². The van der Waals surface area contributed by atoms with E-state index < -0.39 is 17.2 Å². The molecular formula is C35H42FKN6O5. The maximum Gasteiger partial charge on any atom is 1.00 e. The summed E-state index contributed by atoms with van der Waals surface area (Å²) in [4.78, 5) is 33.0. The first kappa shape index (κ1) is 36.5. The second-order valence-electron chi connectivity index (χ2n) is 12.9. The maximum absolute atomic E-state index is 15.9. The van der Waals surface area contributed by atoms with E-state index in [1.54, 1.807) is 47.2 Å². The van der Waals surface area contributed by atoms with E-state index in [0.717, 1.165) is 25.0 Å². The van der Waals surface area contributed by atoms with Gasteiger partial charge < -0.3 is 11.3 Å². The van der Waals surface area contributed by atoms with Crippen LogP contribution >= 0.6 is 0 Å². The van der Waals surface area contributed by atoms with Crippen LogP contribution in [0.1, 0.15) is 90.5 Å². The van der Waals surface area contributed by atoms with Crippen LogP contribution in [0.15, 0.2) is 62.9 Å². The van der Waals surface area contributed by atoms with Crippen LogP contribution < -0.4 is 62.7 Å². The molecule has 11 nitrogen and oxygen atoms in total. The van der Waals surface area contributed by atoms with Gasteiger partial charge in [0.15, 0.2) is 5.82 Å². The van der Waals surface area contributed by atoms with Gasteiger partial charge in [-0.1, -0.05) is 61.8 Å². The van der Waals surface area contributed by atoms with Gasteiger partial charge in [-0.25, -0.2) is 13.7 Å². The minimum atomic E-state index is -0.936. The van der Waals surface area contributed by atoms with Crippen molar-refractivity contribution in [3.63, 3.8) is 0 Å². The summed E-state index contributed by atoms with van der Waals surface area (Å²) in [5, 5.41) is 18.8. The zero-order chi connectivity index (χ0) is 33.3. The summed E-state index contributed by atoms with van der Waals surface area (Å²) in [5.74, 6) is -0.378. The van der Waals surface area contributed by atoms with E-state index in [4.69, 9.17) is 4.74 Å². The molecule has 5 aromatic rings. The molecule has 0 spiro atoms. The number of aromatic nitrogens is 6. The molecule has 0 saturated heterocycles. The maximum atomic E-state index is 15.9. The normalized spacial score (nSPS) is 17.4. The standard InChI is InChI=1S/C35H41FN6O5.K.H/c1-5-9-29-27(18-22-13-12-21(19-28(22)36)25-10-7-8-11-26(25)31-39-34(44)47-40-31)32(43)41(33-37-20-38-42(29)33)23-14-16-24(17-15-23)46-30(6-2)35(3,4)45;;/h7-8,10-13,19-20,23-24,30,45H,5-6,9,14-18H2,1-4H3,(H,39,40,44);;/q;+1;-1. The van der Waals surface area contributed by atoms with E-state index in [-0.39, 0.29) is 88.9 Å². The van der Waals surface area contributed by atoms with Crippen LogP contribution in [0.3, 0.4) is 0 Å². The Morgan fingerprint density at radius 2 is 1.85 bits per heavy atom. The average Bonchev–Trinajstić information content (AvgIpc) is 3.71. The third kappa shape index (κ3) is 7.52. The van der Waals surface area contributed by atoms with Gasteiger partial charge >= 0.3 is 57.1 Å². The summed E-state index contributed by atoms with van der Waals surface area (Å²) < 4.78 is 30.4. The topological polar surface area (TPSA) is 141 Å². The summed E-state index contributed by atoms with van der Waals surface area (Å²) in [6.07, 6.45) is 6.26. The van der Waals surface area contributed by atoms with Gasteiger partial charge in [0, 0.05) is 23.6 Å². The quantitative estimate of drug-likeness (QED) is 0.203. The second kappa shape index (κ2) is 15.4. The third-order valence-corrected chi connectivity index (χ3v) is 9.19. The molecule has 3 heterocycles. The van der Waals surface area contributed by atoms with Gasteiger partial charge in [0.2, 0.25) is 5.78 Å². The predicted octanol–water partition coefficient (Wildman–Crippen LogP) is 2.75. The first-order valence-corrected chi connectivity index (χ1v) is 16.4. The first-order valence-electron chi connectivity index (χ1n) is 16.4. The minimum Gasteiger partial charge on any atom is -1.00 e. The van der Waals surface area contributed by atoms with Gasteiger partial charge in [0.25, 0.3) is 5.56 Å². The number of benzene rings is 2. The minimum absolute atomic E-state index is 0. The summed E-state index contributed by atoms with van der Waals surface area (Å²) in [6, 6.07) is 12.1. The van der Waals surface area contributed by atoms with E-state index in [2.05, 4.69) is 24.7 Å². The molecule has 13 heteroatoms. The van der Waals surface area contributed by atoms with Crippen molar-refractivity contribution in [1.29, 1.82) is 0 Å². The molecule has 1 fully saturated rings. The number of nitrogens with one attached hydrogen (secondary N) is 1. The Morgan fingerprint density at radius 3 is 2.48 bits per heavy atom. The molecule has 1 aliphatic rings. The summed E-state index contributed by atoms with van der Waals surface area (Å²) in [6.45, 7) is 7.58. The largest absolute Gasteiger partial charge is 1.00 e. The van der Waals surface area contributed by atoms with E-state index in [0.29, 0.717) is 59.3 Å². The molecule has 1 aliphatic carbocycles. The van der Waals surface area contributed by atoms with Gasteiger partial charge in [-0.05, 0) is 75.1 Å². The number of ether oxygens (including phenoxy) is 1. The fraction of sp³-hybridized carbons (Fsp3) is 0.457. The SMILES string of the molecule is CCCc1c(Cc2ccc(-c3ccccc3-c3noc(=O)[nH]3)cc2F)c(=O)n(C2CCC(OC(CC)C(C)(C)O)CC2)c2ncnn12.[H-].[K+]. The molecule has 6 rings (SSSR count). The van der Waals surface area contributed by atoms with Crippen molar-refractivity contribution in [2.75, 3.05) is 0 Å². The van der Waals surface area contributed by atoms with Crippen molar-refractivity contribution >= 4 is 5.78 Å². The van der Waals surface area contributed by atoms with Gasteiger partial charge in [0.05, 0.1) is 23.5 Å². The molecule has 3 aromatic heterocycles. The second-order valence-corrected chi connectivity index (χ2v) is 12.9. The van der Waals surface area contributed by atoms with Gasteiger partial charge in [0.1, 0.15) is 12.1 Å². The molecule has 1 unspecified atom stereocenters. The van der Waals surface area contributed by atoms with Crippen LogP contribution in [0, 0.1) is 5.82 Å². The number of rotatable bonds is 11. The molecule has 1 saturated carbocycles. The monoisotopic (exact) mass is 684 g/mol. The summed E-state index contributed by atoms with van der Waals surface area (Å²) in [7, 11) is 0. The van der Waals surface area contributed by atoms with Crippen molar-refractivity contribution in [3.8, 4) is 22.5 Å². The zero-order valence-corrected chi connectivity index (χ0v) is 31.3. The molecule has 2 aromatic carbocycles. The summed E-state index contributed by atoms with van der Waals surface area (Å²) in [5.41, 5.74) is 2.38. The van der Waals surface area contributed by atoms with Crippen molar-refractivity contribution in [2.45, 2.75) is 103 Å². The molecule has 1 atom stereocenters. The van der Waals surface area contributed by atoms with Crippen molar-refractivity contribution in [2.24, 2.45) is 0 Å². The molecule has 0 amide bonds. The van der Waals surface area contributed by atoms with Crippen LogP contribution in [-0.2, 0) is 17.6 Å².